The third-order valence-corrected chi connectivity index (χ3v) is 5.24. The molecule has 0 saturated carbocycles. The van der Waals surface area contributed by atoms with E-state index in [0.717, 1.165) is 0 Å². The van der Waals surface area contributed by atoms with Crippen molar-refractivity contribution in [3.63, 3.8) is 0 Å². The highest BCUT2D eigenvalue weighted by Gasteiger charge is 2.18. The van der Waals surface area contributed by atoms with Crippen LogP contribution in [0.4, 0.5) is 5.69 Å². The molecule has 2 aromatic rings. The van der Waals surface area contributed by atoms with Crippen molar-refractivity contribution in [3.05, 3.63) is 53.6 Å². The highest BCUT2D eigenvalue weighted by atomic mass is 32.2. The molecule has 2 aromatic carbocycles. The maximum atomic E-state index is 12.6. The third kappa shape index (κ3) is 5.78. The summed E-state index contributed by atoms with van der Waals surface area (Å²) in [7, 11) is -2.23. The van der Waals surface area contributed by atoms with Gasteiger partial charge in [-0.25, -0.2) is 13.1 Å². The molecule has 0 bridgehead atoms. The molecule has 27 heavy (non-hydrogen) atoms. The molecule has 7 nitrogen and oxygen atoms in total. The molecule has 0 aliphatic carbocycles. The van der Waals surface area contributed by atoms with Crippen molar-refractivity contribution in [1.29, 1.82) is 0 Å². The van der Waals surface area contributed by atoms with Crippen molar-refractivity contribution in [2.75, 3.05) is 32.2 Å². The molecule has 0 atom stereocenters. The summed E-state index contributed by atoms with van der Waals surface area (Å²) in [5.74, 6) is 0.326. The first kappa shape index (κ1) is 20.9. The topological polar surface area (TPSA) is 93.7 Å². The SMILES string of the molecule is CCOc1ccc(NC(=O)c2cc(S(=O)(=O)NCCOC)ccc2C)cc1. The summed E-state index contributed by atoms with van der Waals surface area (Å²) in [5, 5.41) is 2.77. The summed E-state index contributed by atoms with van der Waals surface area (Å²) in [5.41, 5.74) is 1.56. The van der Waals surface area contributed by atoms with Crippen molar-refractivity contribution in [2.24, 2.45) is 0 Å². The van der Waals surface area contributed by atoms with Crippen LogP contribution in [0, 0.1) is 6.92 Å². The third-order valence-electron chi connectivity index (χ3n) is 3.79. The molecule has 0 aliphatic heterocycles. The Hall–Kier alpha value is -2.42. The molecule has 2 rings (SSSR count). The number of nitrogens with one attached hydrogen (secondary N) is 2. The summed E-state index contributed by atoms with van der Waals surface area (Å²) in [6, 6.07) is 11.4. The predicted molar refractivity (Wildman–Crippen MR) is 104 cm³/mol. The van der Waals surface area contributed by atoms with Gasteiger partial charge in [-0.2, -0.15) is 0 Å². The predicted octanol–water partition coefficient (Wildman–Crippen LogP) is 2.57. The van der Waals surface area contributed by atoms with Crippen LogP contribution in [0.15, 0.2) is 47.4 Å². The van der Waals surface area contributed by atoms with Crippen LogP contribution >= 0.6 is 0 Å². The second-order valence-electron chi connectivity index (χ2n) is 5.78. The molecule has 0 heterocycles. The smallest absolute Gasteiger partial charge is 0.255 e. The summed E-state index contributed by atoms with van der Waals surface area (Å²) in [4.78, 5) is 12.6. The molecule has 0 aromatic heterocycles. The van der Waals surface area contributed by atoms with Crippen LogP contribution in [-0.2, 0) is 14.8 Å². The van der Waals surface area contributed by atoms with Gasteiger partial charge in [0.1, 0.15) is 5.75 Å². The van der Waals surface area contributed by atoms with E-state index in [2.05, 4.69) is 10.0 Å². The lowest BCUT2D eigenvalue weighted by molar-refractivity contribution is 0.102. The molecule has 0 unspecified atom stereocenters. The molecule has 0 fully saturated rings. The van der Waals surface area contributed by atoms with Crippen molar-refractivity contribution >= 4 is 21.6 Å². The second-order valence-corrected chi connectivity index (χ2v) is 7.55. The lowest BCUT2D eigenvalue weighted by atomic mass is 10.1. The molecule has 146 valence electrons. The number of hydrogen-bond acceptors (Lipinski definition) is 5. The number of methoxy groups -OCH3 is 1. The maximum Gasteiger partial charge on any atom is 0.255 e. The Morgan fingerprint density at radius 2 is 1.81 bits per heavy atom. The standard InChI is InChI=1S/C19H24N2O5S/c1-4-26-16-8-6-15(7-9-16)21-19(22)18-13-17(10-5-14(18)2)27(23,24)20-11-12-25-3/h5-10,13,20H,4,11-12H2,1-3H3,(H,21,22). The Morgan fingerprint density at radius 3 is 2.44 bits per heavy atom. The number of anilines is 1. The van der Waals surface area contributed by atoms with E-state index in [0.29, 0.717) is 29.2 Å². The van der Waals surface area contributed by atoms with Gasteiger partial charge in [0, 0.05) is 24.9 Å². The van der Waals surface area contributed by atoms with Gasteiger partial charge in [0.15, 0.2) is 0 Å². The largest absolute Gasteiger partial charge is 0.494 e. The Balaban J connectivity index is 2.18. The van der Waals surface area contributed by atoms with Crippen LogP contribution < -0.4 is 14.8 Å². The quantitative estimate of drug-likeness (QED) is 0.640. The van der Waals surface area contributed by atoms with Crippen molar-refractivity contribution in [3.8, 4) is 5.75 Å². The molecular formula is C19H24N2O5S. The lowest BCUT2D eigenvalue weighted by Crippen LogP contribution is -2.27. The highest BCUT2D eigenvalue weighted by Crippen LogP contribution is 2.19. The minimum atomic E-state index is -3.72. The molecule has 0 radical (unpaired) electrons. The zero-order valence-electron chi connectivity index (χ0n) is 15.6. The number of amides is 1. The minimum Gasteiger partial charge on any atom is -0.494 e. The van der Waals surface area contributed by atoms with Gasteiger partial charge in [0.05, 0.1) is 18.1 Å². The maximum absolute atomic E-state index is 12.6. The summed E-state index contributed by atoms with van der Waals surface area (Å²) >= 11 is 0. The van der Waals surface area contributed by atoms with Gasteiger partial charge in [0.2, 0.25) is 10.0 Å². The Labute approximate surface area is 159 Å². The monoisotopic (exact) mass is 392 g/mol. The molecule has 0 spiro atoms. The fourth-order valence-electron chi connectivity index (χ4n) is 2.37. The first-order valence-corrected chi connectivity index (χ1v) is 9.99. The van der Waals surface area contributed by atoms with Gasteiger partial charge < -0.3 is 14.8 Å². The number of rotatable bonds is 9. The van der Waals surface area contributed by atoms with E-state index >= 15 is 0 Å². The van der Waals surface area contributed by atoms with E-state index < -0.39 is 10.0 Å². The lowest BCUT2D eigenvalue weighted by Gasteiger charge is -2.11. The molecule has 0 saturated heterocycles. The number of ether oxygens (including phenoxy) is 2. The number of aryl methyl sites for hydroxylation is 1. The Morgan fingerprint density at radius 1 is 1.11 bits per heavy atom. The highest BCUT2D eigenvalue weighted by molar-refractivity contribution is 7.89. The van der Waals surface area contributed by atoms with E-state index in [1.54, 1.807) is 37.3 Å². The minimum absolute atomic E-state index is 0.0287. The Kier molecular flexibility index (Phi) is 7.35. The van der Waals surface area contributed by atoms with Gasteiger partial charge in [-0.3, -0.25) is 4.79 Å². The fourth-order valence-corrected chi connectivity index (χ4v) is 3.41. The fraction of sp³-hybridized carbons (Fsp3) is 0.316. The molecule has 1 amide bonds. The number of sulfonamides is 1. The van der Waals surface area contributed by atoms with Crippen LogP contribution in [0.25, 0.3) is 0 Å². The van der Waals surface area contributed by atoms with E-state index in [4.69, 9.17) is 9.47 Å². The second kappa shape index (κ2) is 9.50. The molecule has 8 heteroatoms. The van der Waals surface area contributed by atoms with Crippen LogP contribution in [-0.4, -0.2) is 41.2 Å². The number of benzene rings is 2. The normalized spacial score (nSPS) is 11.2. The number of carbonyl (C=O) groups is 1. The van der Waals surface area contributed by atoms with Gasteiger partial charge in [-0.15, -0.1) is 0 Å². The van der Waals surface area contributed by atoms with Crippen LogP contribution in [0.5, 0.6) is 5.75 Å². The summed E-state index contributed by atoms with van der Waals surface area (Å²) < 4.78 is 37.3. The zero-order valence-corrected chi connectivity index (χ0v) is 16.4. The van der Waals surface area contributed by atoms with Gasteiger partial charge >= 0.3 is 0 Å². The van der Waals surface area contributed by atoms with Crippen molar-refractivity contribution < 1.29 is 22.7 Å². The molecular weight excluding hydrogens is 368 g/mol. The average molecular weight is 392 g/mol. The summed E-state index contributed by atoms with van der Waals surface area (Å²) in [6.07, 6.45) is 0. The number of carbonyl (C=O) groups excluding carboxylic acids is 1. The van der Waals surface area contributed by atoms with E-state index in [1.807, 2.05) is 6.92 Å². The van der Waals surface area contributed by atoms with Crippen molar-refractivity contribution in [1.82, 2.24) is 4.72 Å². The van der Waals surface area contributed by atoms with Gasteiger partial charge in [-0.05, 0) is 55.8 Å². The van der Waals surface area contributed by atoms with Crippen molar-refractivity contribution in [2.45, 2.75) is 18.7 Å². The summed E-state index contributed by atoms with van der Waals surface area (Å²) in [6.45, 7) is 4.62. The zero-order chi connectivity index (χ0) is 19.9. The van der Waals surface area contributed by atoms with Crippen LogP contribution in [0.2, 0.25) is 0 Å². The van der Waals surface area contributed by atoms with Gasteiger partial charge in [0.25, 0.3) is 5.91 Å². The molecule has 2 N–H and O–H groups in total. The van der Waals surface area contributed by atoms with Gasteiger partial charge in [-0.1, -0.05) is 6.07 Å². The average Bonchev–Trinajstić information content (AvgIpc) is 2.64. The van der Waals surface area contributed by atoms with E-state index in [9.17, 15) is 13.2 Å². The van der Waals surface area contributed by atoms with Crippen LogP contribution in [0.1, 0.15) is 22.8 Å². The number of hydrogen-bond donors (Lipinski definition) is 2. The Bertz CT molecular complexity index is 879. The van der Waals surface area contributed by atoms with E-state index in [-0.39, 0.29) is 24.0 Å². The first-order valence-electron chi connectivity index (χ1n) is 8.51. The van der Waals surface area contributed by atoms with E-state index in [1.165, 1.54) is 19.2 Å². The van der Waals surface area contributed by atoms with Crippen LogP contribution in [0.3, 0.4) is 0 Å². The first-order chi connectivity index (χ1) is 12.9. The molecule has 0 aliphatic rings.